The van der Waals surface area contributed by atoms with Crippen LogP contribution in [0.5, 0.6) is 17.2 Å². The van der Waals surface area contributed by atoms with Crippen LogP contribution in [0.3, 0.4) is 0 Å². The first-order chi connectivity index (χ1) is 20.6. The molecule has 13 heteroatoms. The van der Waals surface area contributed by atoms with Crippen LogP contribution in [0.25, 0.3) is 6.08 Å². The van der Waals surface area contributed by atoms with Gasteiger partial charge >= 0.3 is 11.9 Å². The number of fused-ring (bicyclic) bond motifs is 1. The third-order valence-corrected chi connectivity index (χ3v) is 8.32. The molecule has 0 unspecified atom stereocenters. The van der Waals surface area contributed by atoms with Gasteiger partial charge in [0.05, 0.1) is 53.2 Å². The number of methoxy groups -OCH3 is 1. The minimum absolute atomic E-state index is 0.148. The summed E-state index contributed by atoms with van der Waals surface area (Å²) in [7, 11) is 1.27. The number of rotatable bonds is 11. The van der Waals surface area contributed by atoms with Gasteiger partial charge in [-0.05, 0) is 79.5 Å². The highest BCUT2D eigenvalue weighted by Crippen LogP contribution is 2.37. The molecule has 1 atom stereocenters. The van der Waals surface area contributed by atoms with Gasteiger partial charge in [-0.25, -0.2) is 14.6 Å². The molecule has 0 spiro atoms. The van der Waals surface area contributed by atoms with Gasteiger partial charge in [-0.3, -0.25) is 9.36 Å². The summed E-state index contributed by atoms with van der Waals surface area (Å²) in [5.41, 5.74) is 1.58. The number of halogens is 2. The summed E-state index contributed by atoms with van der Waals surface area (Å²) < 4.78 is 30.8. The topological polar surface area (TPSA) is 115 Å². The zero-order chi connectivity index (χ0) is 31.3. The maximum absolute atomic E-state index is 14.1. The zero-order valence-electron chi connectivity index (χ0n) is 24.2. The van der Waals surface area contributed by atoms with E-state index in [2.05, 4.69) is 41.6 Å². The van der Waals surface area contributed by atoms with Gasteiger partial charge < -0.3 is 23.7 Å². The second kappa shape index (κ2) is 14.4. The average Bonchev–Trinajstić information content (AvgIpc) is 3.27. The monoisotopic (exact) mass is 736 g/mol. The van der Waals surface area contributed by atoms with Crippen molar-refractivity contribution < 1.29 is 33.3 Å². The van der Waals surface area contributed by atoms with Gasteiger partial charge in [0.15, 0.2) is 22.9 Å². The fourth-order valence-corrected chi connectivity index (χ4v) is 6.92. The van der Waals surface area contributed by atoms with Crippen molar-refractivity contribution in [1.82, 2.24) is 4.57 Å². The number of esters is 2. The van der Waals surface area contributed by atoms with Crippen molar-refractivity contribution in [3.05, 3.63) is 81.4 Å². The molecule has 0 amide bonds. The van der Waals surface area contributed by atoms with Crippen molar-refractivity contribution in [2.75, 3.05) is 33.5 Å². The van der Waals surface area contributed by atoms with Gasteiger partial charge in [0, 0.05) is 10.0 Å². The highest BCUT2D eigenvalue weighted by molar-refractivity contribution is 9.11. The number of hydrogen-bond acceptors (Lipinski definition) is 10. The van der Waals surface area contributed by atoms with Crippen LogP contribution in [0, 0.1) is 0 Å². The number of carbonyl (C=O) groups excluding carboxylic acids is 2. The number of carbonyl (C=O) groups is 2. The van der Waals surface area contributed by atoms with Crippen molar-refractivity contribution in [3.8, 4) is 17.2 Å². The lowest BCUT2D eigenvalue weighted by atomic mass is 9.95. The Kier molecular flexibility index (Phi) is 10.9. The SMILES string of the molecule is CCOC(=O)C1=C(C)N=c2s/c(=C/c3cc(Br)cc(Br)c3OCC)c(=O)n2[C@@H]1c1ccc(OCC(=O)OC)c(OCC)c1. The Balaban J connectivity index is 1.94. The predicted octanol–water partition coefficient (Wildman–Crippen LogP) is 4.67. The summed E-state index contributed by atoms with van der Waals surface area (Å²) in [6, 6.07) is 7.90. The summed E-state index contributed by atoms with van der Waals surface area (Å²) >= 11 is 8.26. The second-order valence-electron chi connectivity index (χ2n) is 9.05. The third-order valence-electron chi connectivity index (χ3n) is 6.29. The van der Waals surface area contributed by atoms with E-state index in [0.29, 0.717) is 56.6 Å². The maximum atomic E-state index is 14.1. The minimum atomic E-state index is -0.869. The van der Waals surface area contributed by atoms with Gasteiger partial charge in [-0.1, -0.05) is 33.3 Å². The molecular weight excluding hydrogens is 708 g/mol. The fourth-order valence-electron chi connectivity index (χ4n) is 4.51. The Morgan fingerprint density at radius 3 is 2.44 bits per heavy atom. The predicted molar refractivity (Wildman–Crippen MR) is 169 cm³/mol. The Morgan fingerprint density at radius 1 is 1.02 bits per heavy atom. The van der Waals surface area contributed by atoms with Crippen LogP contribution >= 0.6 is 43.2 Å². The Bertz CT molecular complexity index is 1760. The largest absolute Gasteiger partial charge is 0.492 e. The average molecular weight is 738 g/mol. The maximum Gasteiger partial charge on any atom is 0.343 e. The van der Waals surface area contributed by atoms with E-state index >= 15 is 0 Å². The molecule has 1 aliphatic heterocycles. The number of aromatic nitrogens is 1. The molecule has 0 bridgehead atoms. The first-order valence-corrected chi connectivity index (χ1v) is 15.8. The number of nitrogens with zero attached hydrogens (tertiary/aromatic N) is 2. The van der Waals surface area contributed by atoms with Crippen molar-refractivity contribution >= 4 is 61.2 Å². The van der Waals surface area contributed by atoms with Gasteiger partial charge in [0.1, 0.15) is 5.75 Å². The molecule has 0 radical (unpaired) electrons. The number of allylic oxidation sites excluding steroid dienone is 1. The van der Waals surface area contributed by atoms with E-state index in [1.807, 2.05) is 26.0 Å². The highest BCUT2D eigenvalue weighted by atomic mass is 79.9. The van der Waals surface area contributed by atoms with Gasteiger partial charge in [0.2, 0.25) is 0 Å². The summed E-state index contributed by atoms with van der Waals surface area (Å²) in [6.45, 7) is 7.70. The molecule has 43 heavy (non-hydrogen) atoms. The number of hydrogen-bond donors (Lipinski definition) is 0. The Labute approximate surface area is 268 Å². The van der Waals surface area contributed by atoms with E-state index in [-0.39, 0.29) is 24.3 Å². The molecule has 0 saturated heterocycles. The molecule has 3 aromatic rings. The lowest BCUT2D eigenvalue weighted by molar-refractivity contribution is -0.143. The third kappa shape index (κ3) is 7.05. The van der Waals surface area contributed by atoms with Crippen LogP contribution < -0.4 is 29.1 Å². The normalized spacial score (nSPS) is 14.6. The van der Waals surface area contributed by atoms with E-state index in [9.17, 15) is 14.4 Å². The van der Waals surface area contributed by atoms with E-state index in [4.69, 9.17) is 18.9 Å². The summed E-state index contributed by atoms with van der Waals surface area (Å²) in [6.07, 6.45) is 1.75. The lowest BCUT2D eigenvalue weighted by Crippen LogP contribution is -2.40. The zero-order valence-corrected chi connectivity index (χ0v) is 28.2. The van der Waals surface area contributed by atoms with Crippen LogP contribution in [0.4, 0.5) is 0 Å². The molecule has 10 nitrogen and oxygen atoms in total. The molecule has 2 aromatic carbocycles. The molecule has 228 valence electrons. The van der Waals surface area contributed by atoms with Crippen LogP contribution in [-0.4, -0.2) is 50.0 Å². The summed E-state index contributed by atoms with van der Waals surface area (Å²) in [5.74, 6) is 0.114. The first-order valence-electron chi connectivity index (χ1n) is 13.4. The van der Waals surface area contributed by atoms with Crippen molar-refractivity contribution in [2.24, 2.45) is 4.99 Å². The molecule has 0 aliphatic carbocycles. The lowest BCUT2D eigenvalue weighted by Gasteiger charge is -2.25. The standard InChI is InChI=1S/C30H30Br2N2O8S/c1-6-39-22-12-17(9-10-21(22)42-15-24(35)38-5)26-25(29(37)41-8-3)16(4)33-30-34(26)28(36)23(43-30)13-18-11-19(31)14-20(32)27(18)40-7-2/h9-14,26H,6-8,15H2,1-5H3/b23-13+/t26-/m1/s1. The number of ether oxygens (including phenoxy) is 5. The molecule has 0 N–H and O–H groups in total. The Hall–Kier alpha value is -3.42. The summed E-state index contributed by atoms with van der Waals surface area (Å²) in [5, 5.41) is 0. The number of benzene rings is 2. The van der Waals surface area contributed by atoms with Crippen LogP contribution in [0.15, 0.2) is 60.3 Å². The highest BCUT2D eigenvalue weighted by Gasteiger charge is 2.34. The quantitative estimate of drug-likeness (QED) is 0.261. The van der Waals surface area contributed by atoms with Gasteiger partial charge in [0.25, 0.3) is 5.56 Å². The van der Waals surface area contributed by atoms with E-state index in [0.717, 1.165) is 8.95 Å². The molecular formula is C30H30Br2N2O8S. The molecule has 1 aromatic heterocycles. The van der Waals surface area contributed by atoms with E-state index in [1.165, 1.54) is 23.0 Å². The summed E-state index contributed by atoms with van der Waals surface area (Å²) in [4.78, 5) is 44.1. The molecule has 1 aliphatic rings. The smallest absolute Gasteiger partial charge is 0.343 e. The van der Waals surface area contributed by atoms with Crippen LogP contribution in [0.2, 0.25) is 0 Å². The first kappa shape index (κ1) is 32.5. The van der Waals surface area contributed by atoms with Gasteiger partial charge in [-0.15, -0.1) is 0 Å². The fraction of sp³-hybridized carbons (Fsp3) is 0.333. The molecule has 0 saturated carbocycles. The van der Waals surface area contributed by atoms with Crippen molar-refractivity contribution in [1.29, 1.82) is 0 Å². The van der Waals surface area contributed by atoms with Gasteiger partial charge in [-0.2, -0.15) is 0 Å². The molecule has 2 heterocycles. The molecule has 0 fully saturated rings. The molecule has 4 rings (SSSR count). The van der Waals surface area contributed by atoms with Crippen LogP contribution in [0.1, 0.15) is 44.9 Å². The minimum Gasteiger partial charge on any atom is -0.492 e. The Morgan fingerprint density at radius 2 is 1.77 bits per heavy atom. The van der Waals surface area contributed by atoms with Crippen LogP contribution in [-0.2, 0) is 19.1 Å². The van der Waals surface area contributed by atoms with E-state index in [1.54, 1.807) is 38.1 Å². The number of thiazole rings is 1. The van der Waals surface area contributed by atoms with E-state index < -0.39 is 18.0 Å². The second-order valence-corrected chi connectivity index (χ2v) is 11.8. The van der Waals surface area contributed by atoms with Crippen molar-refractivity contribution in [3.63, 3.8) is 0 Å². The van der Waals surface area contributed by atoms with Crippen molar-refractivity contribution in [2.45, 2.75) is 33.7 Å².